The highest BCUT2D eigenvalue weighted by Crippen LogP contribution is 2.31. The molecule has 0 aliphatic heterocycles. The van der Waals surface area contributed by atoms with Gasteiger partial charge in [-0.3, -0.25) is 4.98 Å². The van der Waals surface area contributed by atoms with Crippen LogP contribution in [0.5, 0.6) is 0 Å². The van der Waals surface area contributed by atoms with E-state index in [9.17, 15) is 57.5 Å². The number of nitrogens with zero attached hydrogens (tertiary/aromatic N) is 2. The molecule has 5 aromatic carbocycles. The van der Waals surface area contributed by atoms with E-state index in [1.54, 1.807) is 12.4 Å². The van der Waals surface area contributed by atoms with Crippen LogP contribution in [-0.2, 0) is 11.3 Å². The maximum Gasteiger partial charge on any atom is 0.405 e. The quantitative estimate of drug-likeness (QED) is 0.0385. The van der Waals surface area contributed by atoms with Crippen molar-refractivity contribution in [2.24, 2.45) is 0 Å². The zero-order chi connectivity index (χ0) is 48.8. The zero-order valence-electron chi connectivity index (χ0n) is 32.1. The van der Waals surface area contributed by atoms with Crippen LogP contribution in [0.1, 0.15) is 41.7 Å². The lowest BCUT2D eigenvalue weighted by atomic mass is 9.12. The summed E-state index contributed by atoms with van der Waals surface area (Å²) in [6.45, 7) is 0.637. The van der Waals surface area contributed by atoms with Crippen molar-refractivity contribution in [2.75, 3.05) is 0 Å². The van der Waals surface area contributed by atoms with Gasteiger partial charge in [-0.1, -0.05) is 30.3 Å². The highest BCUT2D eigenvalue weighted by atomic mass is 19.2. The standard InChI is InChI=1S/C24BF20.C17H19N2O2/c26-5-1(6(27)14(35)21(42)13(5)34)25(2-7(28)15(36)22(43)16(37)8(2)29,3-9(30)17(38)23(44)18(39)10(3)31)4-11(32)19(40)24(45)20(41)12(4)33;20-17(21-15-8-4-5-9-15)16-12-18-10-11-19(16)13-14-6-2-1-3-7-14/h;1-3,6-7,10-12,15H,4-5,8-9,13H2/q-1;+1. The van der Waals surface area contributed by atoms with Crippen molar-refractivity contribution < 1.29 is 102 Å². The number of halogens is 20. The fraction of sp³-hybridized carbons (Fsp3) is 0.146. The summed E-state index contributed by atoms with van der Waals surface area (Å²) < 4.78 is 301. The SMILES string of the molecule is Fc1c(F)c(F)c([B-](c2c(F)c(F)c(F)c(F)c2F)(c2c(F)c(F)c(F)c(F)c2F)c2c(F)c(F)c(F)c(F)c2F)c(F)c1F.O=C(OC1CCCC1)c1cncc[n+]1Cc1ccccc1. The first kappa shape index (κ1) is 48.8. The number of benzene rings is 5. The van der Waals surface area contributed by atoms with Gasteiger partial charge in [0, 0.05) is 5.56 Å². The first-order chi connectivity index (χ1) is 31.0. The van der Waals surface area contributed by atoms with E-state index in [-0.39, 0.29) is 12.1 Å². The van der Waals surface area contributed by atoms with E-state index in [1.807, 2.05) is 41.1 Å². The molecule has 0 N–H and O–H groups in total. The van der Waals surface area contributed by atoms with Crippen LogP contribution < -0.4 is 26.4 Å². The molecule has 66 heavy (non-hydrogen) atoms. The Bertz CT molecular complexity index is 2530. The van der Waals surface area contributed by atoms with Gasteiger partial charge in [0.25, 0.3) is 0 Å². The van der Waals surface area contributed by atoms with E-state index in [0.29, 0.717) is 12.2 Å². The second kappa shape index (κ2) is 18.7. The van der Waals surface area contributed by atoms with E-state index in [2.05, 4.69) is 4.98 Å². The molecule has 4 nitrogen and oxygen atoms in total. The van der Waals surface area contributed by atoms with E-state index < -0.39 is 144 Å². The third kappa shape index (κ3) is 7.94. The van der Waals surface area contributed by atoms with Crippen molar-refractivity contribution in [1.82, 2.24) is 4.98 Å². The van der Waals surface area contributed by atoms with Gasteiger partial charge in [0.2, 0.25) is 0 Å². The third-order valence-corrected chi connectivity index (χ3v) is 10.5. The van der Waals surface area contributed by atoms with E-state index in [1.165, 1.54) is 0 Å². The van der Waals surface area contributed by atoms with Crippen molar-refractivity contribution in [3.05, 3.63) is 177 Å². The van der Waals surface area contributed by atoms with Crippen molar-refractivity contribution in [3.63, 3.8) is 0 Å². The molecule has 0 bridgehead atoms. The number of hydrogen-bond acceptors (Lipinski definition) is 3. The summed E-state index contributed by atoms with van der Waals surface area (Å²) in [7, 11) is 0. The van der Waals surface area contributed by atoms with Gasteiger partial charge in [-0.15, -0.1) is 21.9 Å². The first-order valence-corrected chi connectivity index (χ1v) is 18.3. The molecule has 0 amide bonds. The zero-order valence-corrected chi connectivity index (χ0v) is 32.1. The molecule has 25 heteroatoms. The highest BCUT2D eigenvalue weighted by Gasteiger charge is 2.52. The van der Waals surface area contributed by atoms with Crippen LogP contribution >= 0.6 is 0 Å². The molecular weight excluding hydrogens is 943 g/mol. The molecule has 1 aromatic heterocycles. The topological polar surface area (TPSA) is 43.1 Å². The van der Waals surface area contributed by atoms with Crippen LogP contribution in [0.2, 0.25) is 0 Å². The van der Waals surface area contributed by atoms with Gasteiger partial charge in [-0.05, 0) is 25.7 Å². The minimum atomic E-state index is -7.22. The lowest BCUT2D eigenvalue weighted by Gasteiger charge is -2.44. The summed E-state index contributed by atoms with van der Waals surface area (Å²) in [6, 6.07) is 10.1. The number of rotatable bonds is 8. The summed E-state index contributed by atoms with van der Waals surface area (Å²) in [6.07, 6.45) is 2.20. The summed E-state index contributed by atoms with van der Waals surface area (Å²) in [5.41, 5.74) is -12.7. The molecule has 0 spiro atoms. The Labute approximate surface area is 355 Å². The van der Waals surface area contributed by atoms with E-state index in [0.717, 1.165) is 31.2 Å². The predicted octanol–water partition coefficient (Wildman–Crippen LogP) is 8.36. The Kier molecular flexibility index (Phi) is 13.8. The number of ether oxygens (including phenoxy) is 1. The summed E-state index contributed by atoms with van der Waals surface area (Å²) in [5.74, 6) is -71.7. The number of carbonyl (C=O) groups is 1. The largest absolute Gasteiger partial charge is 0.454 e. The smallest absolute Gasteiger partial charge is 0.405 e. The van der Waals surface area contributed by atoms with Crippen molar-refractivity contribution in [3.8, 4) is 0 Å². The molecule has 0 radical (unpaired) electrons. The maximum absolute atomic E-state index is 15.4. The molecule has 1 aliphatic rings. The molecule has 348 valence electrons. The second-order valence-corrected chi connectivity index (χ2v) is 14.2. The molecule has 0 saturated heterocycles. The lowest BCUT2D eigenvalue weighted by molar-refractivity contribution is -0.691. The van der Waals surface area contributed by atoms with E-state index in [4.69, 9.17) is 4.74 Å². The van der Waals surface area contributed by atoms with Crippen LogP contribution in [0, 0.1) is 116 Å². The molecule has 1 heterocycles. The van der Waals surface area contributed by atoms with Gasteiger partial charge in [0.05, 0.1) is 6.20 Å². The Balaban J connectivity index is 0.000000284. The van der Waals surface area contributed by atoms with Crippen molar-refractivity contribution in [2.45, 2.75) is 38.3 Å². The van der Waals surface area contributed by atoms with Gasteiger partial charge >= 0.3 is 11.7 Å². The Morgan fingerprint density at radius 2 is 0.788 bits per heavy atom. The number of hydrogen-bond donors (Lipinski definition) is 0. The van der Waals surface area contributed by atoms with Gasteiger partial charge in [-0.25, -0.2) is 92.6 Å². The third-order valence-electron chi connectivity index (χ3n) is 10.5. The monoisotopic (exact) mass is 962 g/mol. The molecule has 1 aliphatic carbocycles. The molecule has 0 atom stereocenters. The predicted molar refractivity (Wildman–Crippen MR) is 187 cm³/mol. The van der Waals surface area contributed by atoms with Crippen LogP contribution in [0.15, 0.2) is 48.9 Å². The molecule has 0 unspecified atom stereocenters. The minimum absolute atomic E-state index is 0.0721. The van der Waals surface area contributed by atoms with Crippen LogP contribution in [0.3, 0.4) is 0 Å². The van der Waals surface area contributed by atoms with Crippen molar-refractivity contribution in [1.29, 1.82) is 0 Å². The summed E-state index contributed by atoms with van der Waals surface area (Å²) in [4.78, 5) is 16.4. The average Bonchev–Trinajstić information content (AvgIpc) is 3.82. The number of carbonyl (C=O) groups excluding carboxylic acids is 1. The van der Waals surface area contributed by atoms with E-state index >= 15 is 35.1 Å². The Hall–Kier alpha value is -6.69. The first-order valence-electron chi connectivity index (χ1n) is 18.3. The number of esters is 1. The van der Waals surface area contributed by atoms with Gasteiger partial charge in [0.15, 0.2) is 82.5 Å². The molecular formula is C41H19BF20N2O2. The molecule has 7 rings (SSSR count). The molecule has 6 aromatic rings. The average molecular weight is 962 g/mol. The fourth-order valence-electron chi connectivity index (χ4n) is 7.57. The van der Waals surface area contributed by atoms with Crippen molar-refractivity contribution >= 4 is 34.0 Å². The highest BCUT2D eigenvalue weighted by molar-refractivity contribution is 7.20. The van der Waals surface area contributed by atoms with Crippen LogP contribution in [-0.4, -0.2) is 23.2 Å². The Morgan fingerprint density at radius 1 is 0.485 bits per heavy atom. The number of aromatic nitrogens is 2. The fourth-order valence-corrected chi connectivity index (χ4v) is 7.57. The lowest BCUT2D eigenvalue weighted by Crippen LogP contribution is -2.81. The van der Waals surface area contributed by atoms with Crippen LogP contribution in [0.4, 0.5) is 87.8 Å². The van der Waals surface area contributed by atoms with Gasteiger partial charge in [-0.2, -0.15) is 4.57 Å². The summed E-state index contributed by atoms with van der Waals surface area (Å²) >= 11 is 0. The minimum Gasteiger partial charge on any atom is -0.454 e. The van der Waals surface area contributed by atoms with Gasteiger partial charge < -0.3 is 4.74 Å². The van der Waals surface area contributed by atoms with Gasteiger partial charge in [0.1, 0.15) is 65.0 Å². The Morgan fingerprint density at radius 3 is 1.11 bits per heavy atom. The maximum atomic E-state index is 15.4. The molecule has 1 fully saturated rings. The van der Waals surface area contributed by atoms with Crippen LogP contribution in [0.25, 0.3) is 0 Å². The second-order valence-electron chi connectivity index (χ2n) is 14.2. The normalized spacial score (nSPS) is 13.0. The molecule has 1 saturated carbocycles. The summed E-state index contributed by atoms with van der Waals surface area (Å²) in [5, 5.41) is 0.